The van der Waals surface area contributed by atoms with E-state index in [1.807, 2.05) is 39.0 Å². The molecule has 0 aromatic heterocycles. The molecule has 1 aromatic rings. The Labute approximate surface area is 125 Å². The summed E-state index contributed by atoms with van der Waals surface area (Å²) in [7, 11) is 0. The van der Waals surface area contributed by atoms with Gasteiger partial charge in [0.1, 0.15) is 12.1 Å². The molecule has 2 fully saturated rings. The molecular weight excluding hydrogens is 264 g/mol. The molecule has 0 radical (unpaired) electrons. The number of piperazine rings is 1. The van der Waals surface area contributed by atoms with E-state index in [-0.39, 0.29) is 17.9 Å². The maximum Gasteiger partial charge on any atom is 0.250 e. The number of hydrogen-bond donors (Lipinski definition) is 1. The third kappa shape index (κ3) is 2.43. The summed E-state index contributed by atoms with van der Waals surface area (Å²) in [6, 6.07) is 5.25. The van der Waals surface area contributed by atoms with Crippen molar-refractivity contribution in [2.45, 2.75) is 52.1 Å². The summed E-state index contributed by atoms with van der Waals surface area (Å²) >= 11 is 0. The summed E-state index contributed by atoms with van der Waals surface area (Å²) in [6.07, 6.45) is 2.70. The van der Waals surface area contributed by atoms with E-state index in [2.05, 4.69) is 5.32 Å². The highest BCUT2D eigenvalue weighted by molar-refractivity contribution is 6.08. The predicted molar refractivity (Wildman–Crippen MR) is 82.1 cm³/mol. The number of anilines is 1. The van der Waals surface area contributed by atoms with Crippen molar-refractivity contribution in [2.24, 2.45) is 5.92 Å². The maximum absolute atomic E-state index is 12.8. The van der Waals surface area contributed by atoms with Gasteiger partial charge in [0.2, 0.25) is 5.91 Å². The molecule has 21 heavy (non-hydrogen) atoms. The highest BCUT2D eigenvalue weighted by Gasteiger charge is 2.46. The molecule has 1 aliphatic heterocycles. The first-order valence-electron chi connectivity index (χ1n) is 7.73. The summed E-state index contributed by atoms with van der Waals surface area (Å²) in [6.45, 7) is 6.03. The standard InChI is InChI=1S/C17H22N2O2/c1-4-14-16(20)18-15(12-6-7-12)17(21)19(14)13-8-5-10(2)11(3)9-13/h5,8-9,12,14-15H,4,6-7H2,1-3H3,(H,18,20). The fourth-order valence-corrected chi connectivity index (χ4v) is 3.03. The SMILES string of the molecule is CCC1C(=O)NC(C2CC2)C(=O)N1c1ccc(C)c(C)c1. The number of rotatable bonds is 3. The topological polar surface area (TPSA) is 49.4 Å². The summed E-state index contributed by atoms with van der Waals surface area (Å²) in [4.78, 5) is 26.9. The number of nitrogens with one attached hydrogen (secondary N) is 1. The zero-order chi connectivity index (χ0) is 15.1. The fraction of sp³-hybridized carbons (Fsp3) is 0.529. The lowest BCUT2D eigenvalue weighted by Gasteiger charge is -2.39. The van der Waals surface area contributed by atoms with Gasteiger partial charge in [0.25, 0.3) is 5.91 Å². The minimum atomic E-state index is -0.394. The monoisotopic (exact) mass is 286 g/mol. The molecule has 1 aliphatic carbocycles. The largest absolute Gasteiger partial charge is 0.342 e. The average molecular weight is 286 g/mol. The van der Waals surface area contributed by atoms with Crippen LogP contribution in [0.1, 0.15) is 37.3 Å². The van der Waals surface area contributed by atoms with Gasteiger partial charge in [0, 0.05) is 5.69 Å². The second kappa shape index (κ2) is 5.17. The number of nitrogens with zero attached hydrogens (tertiary/aromatic N) is 1. The highest BCUT2D eigenvalue weighted by atomic mass is 16.2. The first-order chi connectivity index (χ1) is 10.0. The molecule has 1 heterocycles. The molecule has 3 rings (SSSR count). The number of hydrogen-bond acceptors (Lipinski definition) is 2. The van der Waals surface area contributed by atoms with E-state index in [1.165, 1.54) is 5.56 Å². The lowest BCUT2D eigenvalue weighted by molar-refractivity contribution is -0.134. The molecule has 112 valence electrons. The number of carbonyl (C=O) groups is 2. The summed E-state index contributed by atoms with van der Waals surface area (Å²) in [5.41, 5.74) is 3.18. The Morgan fingerprint density at radius 3 is 2.48 bits per heavy atom. The summed E-state index contributed by atoms with van der Waals surface area (Å²) in [5.74, 6) is 0.354. The van der Waals surface area contributed by atoms with Crippen LogP contribution >= 0.6 is 0 Å². The van der Waals surface area contributed by atoms with Crippen LogP contribution in [0.4, 0.5) is 5.69 Å². The zero-order valence-corrected chi connectivity index (χ0v) is 12.8. The van der Waals surface area contributed by atoms with Crippen molar-refractivity contribution >= 4 is 17.5 Å². The first-order valence-corrected chi connectivity index (χ1v) is 7.73. The summed E-state index contributed by atoms with van der Waals surface area (Å²) < 4.78 is 0. The van der Waals surface area contributed by atoms with Gasteiger partial charge in [-0.25, -0.2) is 0 Å². The Kier molecular flexibility index (Phi) is 3.47. The Bertz CT molecular complexity index is 592. The van der Waals surface area contributed by atoms with Crippen molar-refractivity contribution in [3.63, 3.8) is 0 Å². The molecule has 4 nitrogen and oxygen atoms in total. The van der Waals surface area contributed by atoms with Gasteiger partial charge in [0.05, 0.1) is 0 Å². The van der Waals surface area contributed by atoms with Crippen LogP contribution in [0.25, 0.3) is 0 Å². The van der Waals surface area contributed by atoms with Crippen LogP contribution in [0.3, 0.4) is 0 Å². The van der Waals surface area contributed by atoms with Crippen molar-refractivity contribution in [3.8, 4) is 0 Å². The normalized spacial score (nSPS) is 26.0. The van der Waals surface area contributed by atoms with Gasteiger partial charge in [-0.2, -0.15) is 0 Å². The van der Waals surface area contributed by atoms with Gasteiger partial charge in [-0.3, -0.25) is 14.5 Å². The third-order valence-corrected chi connectivity index (χ3v) is 4.66. The number of amides is 2. The van der Waals surface area contributed by atoms with Crippen LogP contribution in [0, 0.1) is 19.8 Å². The predicted octanol–water partition coefficient (Wildman–Crippen LogP) is 2.32. The fourth-order valence-electron chi connectivity index (χ4n) is 3.03. The summed E-state index contributed by atoms with van der Waals surface area (Å²) in [5, 5.41) is 2.92. The average Bonchev–Trinajstić information content (AvgIpc) is 3.28. The van der Waals surface area contributed by atoms with Crippen LogP contribution in [0.2, 0.25) is 0 Å². The van der Waals surface area contributed by atoms with Crippen LogP contribution < -0.4 is 10.2 Å². The molecule has 2 aliphatic rings. The molecule has 4 heteroatoms. The molecule has 1 aromatic carbocycles. The number of carbonyl (C=O) groups excluding carboxylic acids is 2. The molecule has 0 spiro atoms. The van der Waals surface area contributed by atoms with E-state index >= 15 is 0 Å². The van der Waals surface area contributed by atoms with Gasteiger partial charge < -0.3 is 5.32 Å². The lowest BCUT2D eigenvalue weighted by Crippen LogP contribution is -2.64. The van der Waals surface area contributed by atoms with Crippen molar-refractivity contribution < 1.29 is 9.59 Å². The zero-order valence-electron chi connectivity index (χ0n) is 12.8. The Morgan fingerprint density at radius 2 is 1.90 bits per heavy atom. The van der Waals surface area contributed by atoms with Crippen molar-refractivity contribution in [2.75, 3.05) is 4.90 Å². The van der Waals surface area contributed by atoms with E-state index in [1.54, 1.807) is 4.90 Å². The van der Waals surface area contributed by atoms with Gasteiger partial charge in [-0.05, 0) is 62.3 Å². The molecule has 1 N–H and O–H groups in total. The van der Waals surface area contributed by atoms with E-state index in [0.29, 0.717) is 12.3 Å². The van der Waals surface area contributed by atoms with Crippen molar-refractivity contribution in [3.05, 3.63) is 29.3 Å². The highest BCUT2D eigenvalue weighted by Crippen LogP contribution is 2.36. The van der Waals surface area contributed by atoms with Crippen LogP contribution in [0.15, 0.2) is 18.2 Å². The van der Waals surface area contributed by atoms with Crippen LogP contribution in [-0.4, -0.2) is 23.9 Å². The van der Waals surface area contributed by atoms with E-state index in [0.717, 1.165) is 24.1 Å². The lowest BCUT2D eigenvalue weighted by atomic mass is 9.99. The van der Waals surface area contributed by atoms with E-state index < -0.39 is 6.04 Å². The number of benzene rings is 1. The molecule has 2 atom stereocenters. The smallest absolute Gasteiger partial charge is 0.250 e. The molecule has 1 saturated heterocycles. The van der Waals surface area contributed by atoms with Crippen LogP contribution in [-0.2, 0) is 9.59 Å². The number of aryl methyl sites for hydroxylation is 2. The van der Waals surface area contributed by atoms with E-state index in [9.17, 15) is 9.59 Å². The van der Waals surface area contributed by atoms with Crippen LogP contribution in [0.5, 0.6) is 0 Å². The van der Waals surface area contributed by atoms with Gasteiger partial charge in [-0.1, -0.05) is 13.0 Å². The molecular formula is C17H22N2O2. The molecule has 2 amide bonds. The Morgan fingerprint density at radius 1 is 1.19 bits per heavy atom. The van der Waals surface area contributed by atoms with Crippen molar-refractivity contribution in [1.82, 2.24) is 5.32 Å². The maximum atomic E-state index is 12.8. The molecule has 0 bridgehead atoms. The second-order valence-electron chi connectivity index (χ2n) is 6.22. The van der Waals surface area contributed by atoms with Gasteiger partial charge in [0.15, 0.2) is 0 Å². The first kappa shape index (κ1) is 14.1. The van der Waals surface area contributed by atoms with Gasteiger partial charge >= 0.3 is 0 Å². The minimum Gasteiger partial charge on any atom is -0.342 e. The third-order valence-electron chi connectivity index (χ3n) is 4.66. The van der Waals surface area contributed by atoms with Crippen molar-refractivity contribution in [1.29, 1.82) is 0 Å². The molecule has 2 unspecified atom stereocenters. The molecule has 1 saturated carbocycles. The Balaban J connectivity index is 1.99. The van der Waals surface area contributed by atoms with E-state index in [4.69, 9.17) is 0 Å². The Hall–Kier alpha value is -1.84. The second-order valence-corrected chi connectivity index (χ2v) is 6.22. The van der Waals surface area contributed by atoms with Gasteiger partial charge in [-0.15, -0.1) is 0 Å². The minimum absolute atomic E-state index is 0.0211. The quantitative estimate of drug-likeness (QED) is 0.927.